The summed E-state index contributed by atoms with van der Waals surface area (Å²) in [6, 6.07) is 7.05. The highest BCUT2D eigenvalue weighted by Crippen LogP contribution is 2.34. The molecule has 0 aromatic heterocycles. The number of sulfonamides is 1. The zero-order valence-electron chi connectivity index (χ0n) is 12.3. The number of nitrogens with one attached hydrogen (secondary N) is 1. The molecule has 2 bridgehead atoms. The third kappa shape index (κ3) is 2.80. The monoisotopic (exact) mass is 310 g/mol. The highest BCUT2D eigenvalue weighted by molar-refractivity contribution is 7.89. The summed E-state index contributed by atoms with van der Waals surface area (Å²) in [6.07, 6.45) is 2.81. The van der Waals surface area contributed by atoms with E-state index in [0.717, 1.165) is 32.4 Å². The second-order valence-corrected chi connectivity index (χ2v) is 7.46. The first-order valence-corrected chi connectivity index (χ1v) is 9.04. The molecule has 2 aliphatic heterocycles. The summed E-state index contributed by atoms with van der Waals surface area (Å²) in [7, 11) is -3.45. The SMILES string of the molecule is CCOc1cccc(S(=O)(=O)N2C3CCNCC2CC3)c1. The summed E-state index contributed by atoms with van der Waals surface area (Å²) in [5, 5.41) is 3.33. The summed E-state index contributed by atoms with van der Waals surface area (Å²) in [5.74, 6) is 0.610. The van der Waals surface area contributed by atoms with Gasteiger partial charge in [0, 0.05) is 24.7 Å². The minimum Gasteiger partial charge on any atom is -0.494 e. The molecule has 6 heteroatoms. The Bertz CT molecular complexity index is 589. The molecule has 2 fully saturated rings. The fraction of sp³-hybridized carbons (Fsp3) is 0.600. The average Bonchev–Trinajstić information content (AvgIpc) is 2.73. The molecule has 21 heavy (non-hydrogen) atoms. The fourth-order valence-electron chi connectivity index (χ4n) is 3.34. The van der Waals surface area contributed by atoms with Gasteiger partial charge in [-0.15, -0.1) is 0 Å². The lowest BCUT2D eigenvalue weighted by Crippen LogP contribution is -2.42. The number of ether oxygens (including phenoxy) is 1. The van der Waals surface area contributed by atoms with Gasteiger partial charge in [0.05, 0.1) is 11.5 Å². The summed E-state index contributed by atoms with van der Waals surface area (Å²) < 4.78 is 33.2. The van der Waals surface area contributed by atoms with Crippen molar-refractivity contribution in [1.29, 1.82) is 0 Å². The van der Waals surface area contributed by atoms with Gasteiger partial charge in [-0.1, -0.05) is 6.07 Å². The number of nitrogens with zero attached hydrogens (tertiary/aromatic N) is 1. The minimum atomic E-state index is -3.45. The number of fused-ring (bicyclic) bond motifs is 2. The Morgan fingerprint density at radius 1 is 1.29 bits per heavy atom. The van der Waals surface area contributed by atoms with E-state index < -0.39 is 10.0 Å². The average molecular weight is 310 g/mol. The van der Waals surface area contributed by atoms with Crippen LogP contribution in [0.25, 0.3) is 0 Å². The van der Waals surface area contributed by atoms with Crippen molar-refractivity contribution in [2.24, 2.45) is 0 Å². The fourth-order valence-corrected chi connectivity index (χ4v) is 5.28. The Labute approximate surface area is 126 Å². The maximum atomic E-state index is 13.0. The van der Waals surface area contributed by atoms with Gasteiger partial charge in [0.15, 0.2) is 0 Å². The Balaban J connectivity index is 1.94. The van der Waals surface area contributed by atoms with Crippen LogP contribution >= 0.6 is 0 Å². The molecule has 5 nitrogen and oxygen atoms in total. The minimum absolute atomic E-state index is 0.0817. The van der Waals surface area contributed by atoms with E-state index in [-0.39, 0.29) is 12.1 Å². The predicted molar refractivity (Wildman–Crippen MR) is 80.9 cm³/mol. The molecule has 2 unspecified atom stereocenters. The van der Waals surface area contributed by atoms with Crippen molar-refractivity contribution in [3.63, 3.8) is 0 Å². The molecule has 0 radical (unpaired) electrons. The lowest BCUT2D eigenvalue weighted by atomic mass is 10.1. The predicted octanol–water partition coefficient (Wildman–Crippen LogP) is 1.60. The molecule has 0 amide bonds. The zero-order chi connectivity index (χ0) is 14.9. The first kappa shape index (κ1) is 14.8. The smallest absolute Gasteiger partial charge is 0.243 e. The van der Waals surface area contributed by atoms with Crippen LogP contribution in [0.1, 0.15) is 26.2 Å². The molecule has 0 spiro atoms. The van der Waals surface area contributed by atoms with Gasteiger partial charge in [-0.2, -0.15) is 4.31 Å². The summed E-state index contributed by atoms with van der Waals surface area (Å²) in [6.45, 7) is 4.07. The molecule has 1 aromatic carbocycles. The Hall–Kier alpha value is -1.11. The van der Waals surface area contributed by atoms with E-state index >= 15 is 0 Å². The molecule has 3 rings (SSSR count). The quantitative estimate of drug-likeness (QED) is 0.918. The van der Waals surface area contributed by atoms with Crippen LogP contribution < -0.4 is 10.1 Å². The van der Waals surface area contributed by atoms with Crippen molar-refractivity contribution < 1.29 is 13.2 Å². The molecule has 1 N–H and O–H groups in total. The zero-order valence-corrected chi connectivity index (χ0v) is 13.1. The largest absolute Gasteiger partial charge is 0.494 e. The number of benzene rings is 1. The van der Waals surface area contributed by atoms with Gasteiger partial charge in [-0.05, 0) is 44.9 Å². The molecular formula is C15H22N2O3S. The normalized spacial score (nSPS) is 26.5. The van der Waals surface area contributed by atoms with Gasteiger partial charge in [0.1, 0.15) is 5.75 Å². The van der Waals surface area contributed by atoms with E-state index in [2.05, 4.69) is 5.32 Å². The van der Waals surface area contributed by atoms with Crippen LogP contribution in [0.3, 0.4) is 0 Å². The molecular weight excluding hydrogens is 288 g/mol. The van der Waals surface area contributed by atoms with Crippen molar-refractivity contribution in [1.82, 2.24) is 9.62 Å². The van der Waals surface area contributed by atoms with Crippen LogP contribution in [0, 0.1) is 0 Å². The maximum absolute atomic E-state index is 13.0. The molecule has 0 aliphatic carbocycles. The van der Waals surface area contributed by atoms with Crippen LogP contribution in [-0.2, 0) is 10.0 Å². The van der Waals surface area contributed by atoms with Crippen LogP contribution in [0.4, 0.5) is 0 Å². The topological polar surface area (TPSA) is 58.6 Å². The van der Waals surface area contributed by atoms with Gasteiger partial charge in [0.25, 0.3) is 0 Å². The maximum Gasteiger partial charge on any atom is 0.243 e. The first-order valence-electron chi connectivity index (χ1n) is 7.60. The van der Waals surface area contributed by atoms with E-state index in [4.69, 9.17) is 4.74 Å². The lowest BCUT2D eigenvalue weighted by molar-refractivity contribution is 0.331. The molecule has 2 saturated heterocycles. The van der Waals surface area contributed by atoms with Gasteiger partial charge in [0.2, 0.25) is 10.0 Å². The van der Waals surface area contributed by atoms with Crippen LogP contribution in [0.15, 0.2) is 29.2 Å². The highest BCUT2D eigenvalue weighted by atomic mass is 32.2. The lowest BCUT2D eigenvalue weighted by Gasteiger charge is -2.27. The van der Waals surface area contributed by atoms with Crippen LogP contribution in [0.5, 0.6) is 5.75 Å². The van der Waals surface area contributed by atoms with E-state index in [0.29, 0.717) is 17.3 Å². The molecule has 2 atom stereocenters. The second-order valence-electron chi connectivity index (χ2n) is 5.62. The highest BCUT2D eigenvalue weighted by Gasteiger charge is 2.42. The van der Waals surface area contributed by atoms with Crippen LogP contribution in [0.2, 0.25) is 0 Å². The van der Waals surface area contributed by atoms with Crippen molar-refractivity contribution in [2.45, 2.75) is 43.2 Å². The Kier molecular flexibility index (Phi) is 4.19. The second kappa shape index (κ2) is 5.94. The van der Waals surface area contributed by atoms with Crippen molar-refractivity contribution in [2.75, 3.05) is 19.7 Å². The standard InChI is InChI=1S/C15H22N2O3S/c1-2-20-14-4-3-5-15(10-14)21(18,19)17-12-6-7-13(17)11-16-9-8-12/h3-5,10,12-13,16H,2,6-9,11H2,1H3. The van der Waals surface area contributed by atoms with E-state index in [1.807, 2.05) is 6.92 Å². The molecule has 2 heterocycles. The third-order valence-corrected chi connectivity index (χ3v) is 6.28. The Morgan fingerprint density at radius 3 is 2.90 bits per heavy atom. The van der Waals surface area contributed by atoms with Gasteiger partial charge in [-0.25, -0.2) is 8.42 Å². The number of hydrogen-bond acceptors (Lipinski definition) is 4. The number of hydrogen-bond donors (Lipinski definition) is 1. The molecule has 2 aliphatic rings. The van der Waals surface area contributed by atoms with Crippen molar-refractivity contribution in [3.05, 3.63) is 24.3 Å². The third-order valence-electron chi connectivity index (χ3n) is 4.28. The first-order chi connectivity index (χ1) is 10.1. The van der Waals surface area contributed by atoms with Gasteiger partial charge >= 0.3 is 0 Å². The molecule has 1 aromatic rings. The Morgan fingerprint density at radius 2 is 2.10 bits per heavy atom. The van der Waals surface area contributed by atoms with Gasteiger partial charge < -0.3 is 10.1 Å². The van der Waals surface area contributed by atoms with E-state index in [1.54, 1.807) is 28.6 Å². The summed E-state index contributed by atoms with van der Waals surface area (Å²) in [5.41, 5.74) is 0. The molecule has 0 saturated carbocycles. The summed E-state index contributed by atoms with van der Waals surface area (Å²) >= 11 is 0. The molecule has 116 valence electrons. The van der Waals surface area contributed by atoms with Crippen molar-refractivity contribution >= 4 is 10.0 Å². The summed E-state index contributed by atoms with van der Waals surface area (Å²) in [4.78, 5) is 0.340. The van der Waals surface area contributed by atoms with Crippen molar-refractivity contribution in [3.8, 4) is 5.75 Å². The van der Waals surface area contributed by atoms with E-state index in [1.165, 1.54) is 0 Å². The van der Waals surface area contributed by atoms with E-state index in [9.17, 15) is 8.42 Å². The van der Waals surface area contributed by atoms with Crippen LogP contribution in [-0.4, -0.2) is 44.5 Å². The number of rotatable bonds is 4. The van der Waals surface area contributed by atoms with Gasteiger partial charge in [-0.3, -0.25) is 0 Å².